The molecule has 118 valence electrons. The molecule has 3 aromatic rings. The maximum Gasteiger partial charge on any atom is 0.244 e. The molecule has 1 amide bonds. The van der Waals surface area contributed by atoms with Crippen molar-refractivity contribution in [2.75, 3.05) is 13.1 Å². The summed E-state index contributed by atoms with van der Waals surface area (Å²) in [6, 6.07) is 7.90. The van der Waals surface area contributed by atoms with E-state index < -0.39 is 0 Å². The number of piperidine rings is 1. The lowest BCUT2D eigenvalue weighted by Crippen LogP contribution is -2.41. The van der Waals surface area contributed by atoms with Crippen LogP contribution in [-0.4, -0.2) is 54.3 Å². The van der Waals surface area contributed by atoms with E-state index in [1.165, 1.54) is 0 Å². The maximum absolute atomic E-state index is 12.6. The van der Waals surface area contributed by atoms with E-state index in [1.807, 2.05) is 29.2 Å². The van der Waals surface area contributed by atoms with Gasteiger partial charge in [0.1, 0.15) is 6.54 Å². The Kier molecular flexibility index (Phi) is 3.49. The van der Waals surface area contributed by atoms with Crippen LogP contribution in [0, 0.1) is 0 Å². The Morgan fingerprint density at radius 3 is 3.13 bits per heavy atom. The van der Waals surface area contributed by atoms with Gasteiger partial charge >= 0.3 is 0 Å². The summed E-state index contributed by atoms with van der Waals surface area (Å²) in [6.45, 7) is 1.66. The Hall–Kier alpha value is -2.77. The molecule has 8 heteroatoms. The van der Waals surface area contributed by atoms with Gasteiger partial charge in [-0.25, -0.2) is 0 Å². The van der Waals surface area contributed by atoms with Gasteiger partial charge in [0.2, 0.25) is 5.91 Å². The molecule has 1 atom stereocenters. The van der Waals surface area contributed by atoms with Crippen LogP contribution in [0.2, 0.25) is 0 Å². The highest BCUT2D eigenvalue weighted by atomic mass is 16.2. The highest BCUT2D eigenvalue weighted by molar-refractivity contribution is 5.82. The average Bonchev–Trinajstić information content (AvgIpc) is 3.25. The van der Waals surface area contributed by atoms with Crippen LogP contribution in [0.1, 0.15) is 24.6 Å². The summed E-state index contributed by atoms with van der Waals surface area (Å²) >= 11 is 0. The van der Waals surface area contributed by atoms with Crippen LogP contribution in [0.5, 0.6) is 0 Å². The van der Waals surface area contributed by atoms with E-state index in [4.69, 9.17) is 0 Å². The van der Waals surface area contributed by atoms with E-state index >= 15 is 0 Å². The molecule has 0 aliphatic carbocycles. The molecule has 1 saturated heterocycles. The molecule has 0 radical (unpaired) electrons. The van der Waals surface area contributed by atoms with E-state index in [2.05, 4.69) is 25.7 Å². The molecule has 1 fully saturated rings. The quantitative estimate of drug-likeness (QED) is 0.777. The zero-order valence-corrected chi connectivity index (χ0v) is 12.6. The summed E-state index contributed by atoms with van der Waals surface area (Å²) in [5.74, 6) is 0.917. The van der Waals surface area contributed by atoms with E-state index in [0.717, 1.165) is 30.3 Å². The lowest BCUT2D eigenvalue weighted by Gasteiger charge is -2.31. The number of carbonyl (C=O) groups is 1. The number of nitrogens with one attached hydrogen (secondary N) is 1. The molecule has 0 bridgehead atoms. The second-order valence-electron chi connectivity index (χ2n) is 5.81. The Balaban J connectivity index is 1.48. The minimum absolute atomic E-state index is 0.0760. The fourth-order valence-electron chi connectivity index (χ4n) is 3.14. The SMILES string of the molecule is O=C(Cn1ncc2ccccc21)N1CCCC(c2nn[nH]n2)C1. The van der Waals surface area contributed by atoms with Crippen LogP contribution in [0.25, 0.3) is 10.9 Å². The van der Waals surface area contributed by atoms with Crippen molar-refractivity contribution in [2.45, 2.75) is 25.3 Å². The molecule has 4 rings (SSSR count). The summed E-state index contributed by atoms with van der Waals surface area (Å²) in [6.07, 6.45) is 3.72. The van der Waals surface area contributed by atoms with Crippen LogP contribution in [0.15, 0.2) is 30.5 Å². The number of tetrazole rings is 1. The third-order valence-corrected chi connectivity index (χ3v) is 4.34. The Labute approximate surface area is 132 Å². The minimum atomic E-state index is 0.0760. The molecule has 1 aliphatic rings. The number of H-pyrrole nitrogens is 1. The van der Waals surface area contributed by atoms with Crippen LogP contribution < -0.4 is 0 Å². The van der Waals surface area contributed by atoms with Crippen molar-refractivity contribution in [1.29, 1.82) is 0 Å². The first-order chi connectivity index (χ1) is 11.3. The fourth-order valence-corrected chi connectivity index (χ4v) is 3.14. The third-order valence-electron chi connectivity index (χ3n) is 4.34. The van der Waals surface area contributed by atoms with Crippen molar-refractivity contribution in [3.8, 4) is 0 Å². The first kappa shape index (κ1) is 13.9. The Morgan fingerprint density at radius 1 is 1.35 bits per heavy atom. The zero-order valence-electron chi connectivity index (χ0n) is 12.6. The Bertz CT molecular complexity index is 810. The largest absolute Gasteiger partial charge is 0.340 e. The summed E-state index contributed by atoms with van der Waals surface area (Å²) in [4.78, 5) is 14.5. The number of nitrogens with zero attached hydrogens (tertiary/aromatic N) is 6. The van der Waals surface area contributed by atoms with Gasteiger partial charge in [0.25, 0.3) is 0 Å². The number of hydrogen-bond donors (Lipinski definition) is 1. The smallest absolute Gasteiger partial charge is 0.244 e. The summed E-state index contributed by atoms with van der Waals surface area (Å²) in [5, 5.41) is 19.6. The van der Waals surface area contributed by atoms with Gasteiger partial charge in [0, 0.05) is 24.4 Å². The monoisotopic (exact) mass is 311 g/mol. The number of rotatable bonds is 3. The molecule has 23 heavy (non-hydrogen) atoms. The third kappa shape index (κ3) is 2.67. The van der Waals surface area contributed by atoms with Crippen LogP contribution in [0.3, 0.4) is 0 Å². The number of hydrogen-bond acceptors (Lipinski definition) is 5. The van der Waals surface area contributed by atoms with Crippen LogP contribution in [-0.2, 0) is 11.3 Å². The van der Waals surface area contributed by atoms with Crippen LogP contribution >= 0.6 is 0 Å². The van der Waals surface area contributed by atoms with Crippen molar-refractivity contribution in [3.05, 3.63) is 36.3 Å². The number of aromatic nitrogens is 6. The number of likely N-dealkylation sites (tertiary alicyclic amines) is 1. The second kappa shape index (κ2) is 5.79. The number of aromatic amines is 1. The van der Waals surface area contributed by atoms with Crippen molar-refractivity contribution >= 4 is 16.8 Å². The minimum Gasteiger partial charge on any atom is -0.340 e. The number of benzene rings is 1. The predicted octanol–water partition coefficient (Wildman–Crippen LogP) is 0.956. The molecule has 0 saturated carbocycles. The van der Waals surface area contributed by atoms with Crippen molar-refractivity contribution in [2.24, 2.45) is 0 Å². The van der Waals surface area contributed by atoms with E-state index in [-0.39, 0.29) is 18.4 Å². The molecule has 1 aliphatic heterocycles. The number of carbonyl (C=O) groups excluding carboxylic acids is 1. The van der Waals surface area contributed by atoms with Gasteiger partial charge in [-0.3, -0.25) is 9.48 Å². The number of amides is 1. The maximum atomic E-state index is 12.6. The van der Waals surface area contributed by atoms with Gasteiger partial charge in [-0.15, -0.1) is 10.2 Å². The fraction of sp³-hybridized carbons (Fsp3) is 0.400. The molecular weight excluding hydrogens is 294 g/mol. The van der Waals surface area contributed by atoms with E-state index in [9.17, 15) is 4.79 Å². The van der Waals surface area contributed by atoms with Crippen molar-refractivity contribution in [3.63, 3.8) is 0 Å². The Morgan fingerprint density at radius 2 is 2.26 bits per heavy atom. The highest BCUT2D eigenvalue weighted by Crippen LogP contribution is 2.24. The molecule has 1 N–H and O–H groups in total. The van der Waals surface area contributed by atoms with Gasteiger partial charge in [-0.2, -0.15) is 10.3 Å². The van der Waals surface area contributed by atoms with Gasteiger partial charge < -0.3 is 4.90 Å². The highest BCUT2D eigenvalue weighted by Gasteiger charge is 2.27. The van der Waals surface area contributed by atoms with Gasteiger partial charge in [0.15, 0.2) is 5.82 Å². The van der Waals surface area contributed by atoms with E-state index in [1.54, 1.807) is 10.9 Å². The molecule has 2 aromatic heterocycles. The number of para-hydroxylation sites is 1. The standard InChI is InChI=1S/C15H17N7O/c23-14(10-22-13-6-2-1-4-11(13)8-16-22)21-7-3-5-12(9-21)15-17-19-20-18-15/h1-2,4,6,8,12H,3,5,7,9-10H2,(H,17,18,19,20). The topological polar surface area (TPSA) is 92.6 Å². The summed E-state index contributed by atoms with van der Waals surface area (Å²) < 4.78 is 1.76. The van der Waals surface area contributed by atoms with Crippen molar-refractivity contribution < 1.29 is 4.79 Å². The molecule has 3 heterocycles. The normalized spacial score (nSPS) is 18.4. The summed E-state index contributed by atoms with van der Waals surface area (Å²) in [5.41, 5.74) is 0.979. The van der Waals surface area contributed by atoms with E-state index in [0.29, 0.717) is 12.4 Å². The van der Waals surface area contributed by atoms with Crippen molar-refractivity contribution in [1.82, 2.24) is 35.3 Å². The zero-order chi connectivity index (χ0) is 15.6. The average molecular weight is 311 g/mol. The second-order valence-corrected chi connectivity index (χ2v) is 5.81. The molecule has 1 aromatic carbocycles. The van der Waals surface area contributed by atoms with Gasteiger partial charge in [-0.05, 0) is 18.9 Å². The van der Waals surface area contributed by atoms with Gasteiger partial charge in [-0.1, -0.05) is 23.4 Å². The summed E-state index contributed by atoms with van der Waals surface area (Å²) in [7, 11) is 0. The van der Waals surface area contributed by atoms with Gasteiger partial charge in [0.05, 0.1) is 11.7 Å². The lowest BCUT2D eigenvalue weighted by molar-refractivity contribution is -0.133. The lowest BCUT2D eigenvalue weighted by atomic mass is 9.97. The predicted molar refractivity (Wildman–Crippen MR) is 82.5 cm³/mol. The number of fused-ring (bicyclic) bond motifs is 1. The molecular formula is C15H17N7O. The molecule has 0 spiro atoms. The molecule has 8 nitrogen and oxygen atoms in total. The first-order valence-corrected chi connectivity index (χ1v) is 7.73. The first-order valence-electron chi connectivity index (χ1n) is 7.73. The molecule has 1 unspecified atom stereocenters. The van der Waals surface area contributed by atoms with Crippen LogP contribution in [0.4, 0.5) is 0 Å².